The number of fused-ring (bicyclic) bond motifs is 1. The summed E-state index contributed by atoms with van der Waals surface area (Å²) in [6.07, 6.45) is 3.31. The Bertz CT molecular complexity index is 720. The zero-order valence-corrected chi connectivity index (χ0v) is 10.4. The Labute approximate surface area is 109 Å². The number of hydrogen-bond donors (Lipinski definition) is 1. The largest absolute Gasteiger partial charge is 0.310 e. The lowest BCUT2D eigenvalue weighted by atomic mass is 10.2. The molecule has 1 aromatic carbocycles. The minimum Gasteiger partial charge on any atom is -0.310 e. The maximum absolute atomic E-state index is 12.4. The number of nitrogens with zero attached hydrogens (tertiary/aromatic N) is 3. The van der Waals surface area contributed by atoms with Gasteiger partial charge in [-0.25, -0.2) is 0 Å². The predicted octanol–water partition coefficient (Wildman–Crippen LogP) is 2.23. The van der Waals surface area contributed by atoms with Gasteiger partial charge in [-0.05, 0) is 18.2 Å². The number of para-hydroxylation sites is 1. The van der Waals surface area contributed by atoms with Crippen LogP contribution in [0.4, 0.5) is 5.69 Å². The van der Waals surface area contributed by atoms with Gasteiger partial charge in [0.15, 0.2) is 5.69 Å². The van der Waals surface area contributed by atoms with Crippen molar-refractivity contribution in [1.82, 2.24) is 15.2 Å². The molecule has 94 valence electrons. The van der Waals surface area contributed by atoms with Gasteiger partial charge < -0.3 is 4.90 Å². The van der Waals surface area contributed by atoms with Crippen molar-refractivity contribution in [2.45, 2.75) is 0 Å². The lowest BCUT2D eigenvalue weighted by molar-refractivity contribution is 0.0990. The number of amides is 1. The normalized spacial score (nSPS) is 10.6. The van der Waals surface area contributed by atoms with Crippen LogP contribution >= 0.6 is 0 Å². The maximum atomic E-state index is 12.4. The van der Waals surface area contributed by atoms with Crippen LogP contribution < -0.4 is 4.90 Å². The molecule has 0 unspecified atom stereocenters. The van der Waals surface area contributed by atoms with Gasteiger partial charge >= 0.3 is 0 Å². The van der Waals surface area contributed by atoms with Crippen LogP contribution in [0, 0.1) is 0 Å². The molecule has 0 atom stereocenters. The zero-order chi connectivity index (χ0) is 13.2. The molecule has 19 heavy (non-hydrogen) atoms. The molecule has 0 saturated carbocycles. The number of aromatic nitrogens is 3. The molecule has 5 heteroatoms. The number of pyridine rings is 1. The number of benzene rings is 1. The highest BCUT2D eigenvalue weighted by Gasteiger charge is 2.18. The average molecular weight is 252 g/mol. The van der Waals surface area contributed by atoms with Gasteiger partial charge in [0.25, 0.3) is 5.91 Å². The Kier molecular flexibility index (Phi) is 2.72. The molecule has 0 spiro atoms. The summed E-state index contributed by atoms with van der Waals surface area (Å²) >= 11 is 0. The Hall–Kier alpha value is -2.69. The number of anilines is 1. The number of carbonyl (C=O) groups excluding carboxylic acids is 1. The van der Waals surface area contributed by atoms with E-state index in [-0.39, 0.29) is 5.91 Å². The first kappa shape index (κ1) is 11.4. The number of nitrogens with one attached hydrogen (secondary N) is 1. The summed E-state index contributed by atoms with van der Waals surface area (Å²) < 4.78 is 0. The molecule has 0 saturated heterocycles. The van der Waals surface area contributed by atoms with Gasteiger partial charge in [-0.3, -0.25) is 14.9 Å². The molecule has 0 aliphatic heterocycles. The van der Waals surface area contributed by atoms with E-state index in [0.29, 0.717) is 5.69 Å². The molecule has 5 nitrogen and oxygen atoms in total. The minimum absolute atomic E-state index is 0.149. The quantitative estimate of drug-likeness (QED) is 0.760. The van der Waals surface area contributed by atoms with Crippen molar-refractivity contribution in [2.24, 2.45) is 0 Å². The van der Waals surface area contributed by atoms with Gasteiger partial charge in [-0.1, -0.05) is 18.2 Å². The first-order valence-electron chi connectivity index (χ1n) is 5.88. The van der Waals surface area contributed by atoms with Crippen molar-refractivity contribution in [2.75, 3.05) is 11.9 Å². The minimum atomic E-state index is -0.149. The van der Waals surface area contributed by atoms with E-state index in [2.05, 4.69) is 15.2 Å². The topological polar surface area (TPSA) is 61.9 Å². The Balaban J connectivity index is 2.00. The van der Waals surface area contributed by atoms with Gasteiger partial charge in [-0.2, -0.15) is 5.10 Å². The van der Waals surface area contributed by atoms with Crippen molar-refractivity contribution in [1.29, 1.82) is 0 Å². The van der Waals surface area contributed by atoms with E-state index in [9.17, 15) is 4.79 Å². The highest BCUT2D eigenvalue weighted by atomic mass is 16.2. The number of rotatable bonds is 2. The van der Waals surface area contributed by atoms with Crippen LogP contribution in [0.15, 0.2) is 48.8 Å². The molecule has 3 rings (SSSR count). The first-order chi connectivity index (χ1) is 9.27. The number of H-pyrrole nitrogens is 1. The molecule has 1 N–H and O–H groups in total. The van der Waals surface area contributed by atoms with Crippen LogP contribution in [0.5, 0.6) is 0 Å². The van der Waals surface area contributed by atoms with E-state index in [1.165, 1.54) is 0 Å². The Morgan fingerprint density at radius 2 is 1.89 bits per heavy atom. The van der Waals surface area contributed by atoms with Crippen molar-refractivity contribution in [3.63, 3.8) is 0 Å². The molecule has 2 aromatic heterocycles. The molecule has 0 fully saturated rings. The summed E-state index contributed by atoms with van der Waals surface area (Å²) in [6, 6.07) is 11.1. The smallest absolute Gasteiger partial charge is 0.279 e. The fourth-order valence-electron chi connectivity index (χ4n) is 1.97. The van der Waals surface area contributed by atoms with Gasteiger partial charge in [0, 0.05) is 30.5 Å². The lowest BCUT2D eigenvalue weighted by Crippen LogP contribution is -2.26. The van der Waals surface area contributed by atoms with Crippen LogP contribution in [0.2, 0.25) is 0 Å². The molecule has 3 aromatic rings. The second-order valence-electron chi connectivity index (χ2n) is 4.19. The van der Waals surface area contributed by atoms with Gasteiger partial charge in [-0.15, -0.1) is 0 Å². The monoisotopic (exact) mass is 252 g/mol. The molecular formula is C14H12N4O. The van der Waals surface area contributed by atoms with Crippen molar-refractivity contribution >= 4 is 22.5 Å². The third kappa shape index (κ3) is 1.95. The molecular weight excluding hydrogens is 240 g/mol. The summed E-state index contributed by atoms with van der Waals surface area (Å²) in [4.78, 5) is 17.9. The Morgan fingerprint density at radius 3 is 2.68 bits per heavy atom. The predicted molar refractivity (Wildman–Crippen MR) is 73.1 cm³/mol. The zero-order valence-electron chi connectivity index (χ0n) is 10.4. The van der Waals surface area contributed by atoms with Crippen molar-refractivity contribution < 1.29 is 4.79 Å². The molecule has 1 amide bonds. The standard InChI is InChI=1S/C14H12N4O/c1-18(10-6-8-15-9-7-10)14(19)13-11-4-2-3-5-12(11)16-17-13/h2-9H,1H3,(H,16,17). The highest BCUT2D eigenvalue weighted by molar-refractivity contribution is 6.12. The van der Waals surface area contributed by atoms with Gasteiger partial charge in [0.2, 0.25) is 0 Å². The number of carbonyl (C=O) groups is 1. The summed E-state index contributed by atoms with van der Waals surface area (Å²) in [5.41, 5.74) is 2.07. The Morgan fingerprint density at radius 1 is 1.16 bits per heavy atom. The molecule has 0 radical (unpaired) electrons. The van der Waals surface area contributed by atoms with E-state index >= 15 is 0 Å². The SMILES string of the molecule is CN(C(=O)c1n[nH]c2ccccc12)c1ccncc1. The van der Waals surface area contributed by atoms with Crippen molar-refractivity contribution in [3.8, 4) is 0 Å². The van der Waals surface area contributed by atoms with E-state index in [0.717, 1.165) is 16.6 Å². The molecule has 0 aliphatic carbocycles. The van der Waals surface area contributed by atoms with Gasteiger partial charge in [0.1, 0.15) is 0 Å². The van der Waals surface area contributed by atoms with Crippen LogP contribution in [0.3, 0.4) is 0 Å². The van der Waals surface area contributed by atoms with E-state index in [4.69, 9.17) is 0 Å². The fourth-order valence-corrected chi connectivity index (χ4v) is 1.97. The lowest BCUT2D eigenvalue weighted by Gasteiger charge is -2.15. The van der Waals surface area contributed by atoms with E-state index in [1.807, 2.05) is 24.3 Å². The van der Waals surface area contributed by atoms with Crippen LogP contribution in [0.25, 0.3) is 10.9 Å². The summed E-state index contributed by atoms with van der Waals surface area (Å²) in [5.74, 6) is -0.149. The summed E-state index contributed by atoms with van der Waals surface area (Å²) in [5, 5.41) is 7.80. The third-order valence-corrected chi connectivity index (χ3v) is 3.03. The van der Waals surface area contributed by atoms with Crippen LogP contribution in [-0.2, 0) is 0 Å². The maximum Gasteiger partial charge on any atom is 0.279 e. The molecule has 0 bridgehead atoms. The molecule has 2 heterocycles. The fraction of sp³-hybridized carbons (Fsp3) is 0.0714. The van der Waals surface area contributed by atoms with Gasteiger partial charge in [0.05, 0.1) is 5.52 Å². The van der Waals surface area contributed by atoms with E-state index < -0.39 is 0 Å². The highest BCUT2D eigenvalue weighted by Crippen LogP contribution is 2.19. The van der Waals surface area contributed by atoms with E-state index in [1.54, 1.807) is 36.5 Å². The summed E-state index contributed by atoms with van der Waals surface area (Å²) in [6.45, 7) is 0. The van der Waals surface area contributed by atoms with Crippen molar-refractivity contribution in [3.05, 3.63) is 54.5 Å². The average Bonchev–Trinajstić information content (AvgIpc) is 2.90. The third-order valence-electron chi connectivity index (χ3n) is 3.03. The first-order valence-corrected chi connectivity index (χ1v) is 5.88. The summed E-state index contributed by atoms with van der Waals surface area (Å²) in [7, 11) is 1.72. The molecule has 0 aliphatic rings. The number of hydrogen-bond acceptors (Lipinski definition) is 3. The number of aromatic amines is 1. The second-order valence-corrected chi connectivity index (χ2v) is 4.19. The van der Waals surface area contributed by atoms with Crippen LogP contribution in [-0.4, -0.2) is 28.1 Å². The van der Waals surface area contributed by atoms with Crippen LogP contribution in [0.1, 0.15) is 10.5 Å². The second kappa shape index (κ2) is 4.53.